The molecule has 0 aromatic carbocycles. The number of nitrogens with zero attached hydrogens (tertiary/aromatic N) is 1. The molecule has 0 aromatic heterocycles. The van der Waals surface area contributed by atoms with Gasteiger partial charge in [-0.15, -0.1) is 0 Å². The van der Waals surface area contributed by atoms with Gasteiger partial charge in [0.1, 0.15) is 6.04 Å². The zero-order valence-electron chi connectivity index (χ0n) is 6.78. The molecular weight excluding hydrogens is 146 g/mol. The number of rotatable bonds is 2. The third-order valence-corrected chi connectivity index (χ3v) is 2.13. The second-order valence-electron chi connectivity index (χ2n) is 2.89. The van der Waals surface area contributed by atoms with Crippen LogP contribution in [0.25, 0.3) is 0 Å². The van der Waals surface area contributed by atoms with Gasteiger partial charge in [0.05, 0.1) is 6.10 Å². The highest BCUT2D eigenvalue weighted by atomic mass is 16.5. The first-order valence-corrected chi connectivity index (χ1v) is 3.61. The van der Waals surface area contributed by atoms with Gasteiger partial charge in [0.15, 0.2) is 0 Å². The van der Waals surface area contributed by atoms with Gasteiger partial charge in [-0.3, -0.25) is 9.69 Å². The predicted octanol–water partition coefficient (Wildman–Crippen LogP) is -0.210. The van der Waals surface area contributed by atoms with Crippen molar-refractivity contribution < 1.29 is 14.6 Å². The fourth-order valence-corrected chi connectivity index (χ4v) is 1.41. The van der Waals surface area contributed by atoms with Gasteiger partial charge in [-0.2, -0.15) is 0 Å². The summed E-state index contributed by atoms with van der Waals surface area (Å²) in [5, 5.41) is 8.70. The highest BCUT2D eigenvalue weighted by Gasteiger charge is 2.34. The Morgan fingerprint density at radius 1 is 1.73 bits per heavy atom. The molecule has 4 heteroatoms. The number of aliphatic carboxylic acids is 1. The summed E-state index contributed by atoms with van der Waals surface area (Å²) in [6.45, 7) is 0.716. The Bertz CT molecular complexity index is 160. The summed E-state index contributed by atoms with van der Waals surface area (Å²) >= 11 is 0. The lowest BCUT2D eigenvalue weighted by atomic mass is 10.2. The van der Waals surface area contributed by atoms with Crippen LogP contribution in [-0.4, -0.2) is 48.8 Å². The zero-order chi connectivity index (χ0) is 8.43. The minimum atomic E-state index is -0.757. The summed E-state index contributed by atoms with van der Waals surface area (Å²) in [6, 6.07) is -0.361. The van der Waals surface area contributed by atoms with Crippen LogP contribution >= 0.6 is 0 Å². The number of hydrogen-bond acceptors (Lipinski definition) is 3. The largest absolute Gasteiger partial charge is 0.480 e. The van der Waals surface area contributed by atoms with Gasteiger partial charge in [0.2, 0.25) is 0 Å². The van der Waals surface area contributed by atoms with Gasteiger partial charge in [0.25, 0.3) is 0 Å². The Morgan fingerprint density at radius 2 is 2.36 bits per heavy atom. The van der Waals surface area contributed by atoms with Gasteiger partial charge in [-0.05, 0) is 7.05 Å². The molecule has 0 bridgehead atoms. The van der Waals surface area contributed by atoms with E-state index in [0.29, 0.717) is 13.0 Å². The fourth-order valence-electron chi connectivity index (χ4n) is 1.41. The quantitative estimate of drug-likeness (QED) is 0.605. The molecule has 0 aromatic rings. The number of likely N-dealkylation sites (N-methyl/N-ethyl adjacent to an activating group) is 1. The summed E-state index contributed by atoms with van der Waals surface area (Å²) in [5.41, 5.74) is 0. The normalized spacial score (nSPS) is 32.5. The predicted molar refractivity (Wildman–Crippen MR) is 39.5 cm³/mol. The van der Waals surface area contributed by atoms with Crippen molar-refractivity contribution in [2.45, 2.75) is 18.6 Å². The van der Waals surface area contributed by atoms with E-state index in [-0.39, 0.29) is 12.1 Å². The summed E-state index contributed by atoms with van der Waals surface area (Å²) in [5.74, 6) is -0.757. The zero-order valence-corrected chi connectivity index (χ0v) is 6.78. The third kappa shape index (κ3) is 1.70. The molecule has 1 N–H and O–H groups in total. The lowest BCUT2D eigenvalue weighted by molar-refractivity contribution is -0.141. The van der Waals surface area contributed by atoms with Crippen molar-refractivity contribution in [3.63, 3.8) is 0 Å². The molecule has 1 aliphatic rings. The molecule has 1 aliphatic heterocycles. The molecule has 1 saturated heterocycles. The molecule has 11 heavy (non-hydrogen) atoms. The molecule has 2 atom stereocenters. The molecule has 1 rings (SSSR count). The standard InChI is InChI=1S/C7H13NO3/c1-8-4-5(11-2)3-6(8)7(9)10/h5-6H,3-4H2,1-2H3,(H,9,10)/t5-,6+/m0/s1. The lowest BCUT2D eigenvalue weighted by Crippen LogP contribution is -2.32. The Labute approximate surface area is 65.8 Å². The number of carboxylic acid groups (broad SMARTS) is 1. The topological polar surface area (TPSA) is 49.8 Å². The van der Waals surface area contributed by atoms with Crippen LogP contribution in [-0.2, 0) is 9.53 Å². The summed E-state index contributed by atoms with van der Waals surface area (Å²) in [7, 11) is 3.42. The smallest absolute Gasteiger partial charge is 0.321 e. The molecule has 0 unspecified atom stereocenters. The number of carboxylic acids is 1. The number of hydrogen-bond donors (Lipinski definition) is 1. The molecule has 0 spiro atoms. The molecule has 1 heterocycles. The minimum absolute atomic E-state index is 0.0844. The van der Waals surface area contributed by atoms with Crippen molar-refractivity contribution in [2.75, 3.05) is 20.7 Å². The SMILES string of the molecule is CO[C@H]1C[C@H](C(=O)O)N(C)C1. The molecule has 0 saturated carbocycles. The lowest BCUT2D eigenvalue weighted by Gasteiger charge is -2.12. The third-order valence-electron chi connectivity index (χ3n) is 2.13. The van der Waals surface area contributed by atoms with E-state index >= 15 is 0 Å². The summed E-state index contributed by atoms with van der Waals surface area (Å²) in [6.07, 6.45) is 0.684. The first-order chi connectivity index (χ1) is 5.15. The van der Waals surface area contributed by atoms with Crippen LogP contribution in [0.2, 0.25) is 0 Å². The van der Waals surface area contributed by atoms with Crippen LogP contribution in [0.4, 0.5) is 0 Å². The molecule has 1 fully saturated rings. The van der Waals surface area contributed by atoms with E-state index in [9.17, 15) is 4.79 Å². The molecule has 0 radical (unpaired) electrons. The number of likely N-dealkylation sites (tertiary alicyclic amines) is 1. The first kappa shape index (κ1) is 8.49. The average Bonchev–Trinajstić information content (AvgIpc) is 2.30. The van der Waals surface area contributed by atoms with Crippen LogP contribution in [0.3, 0.4) is 0 Å². The first-order valence-electron chi connectivity index (χ1n) is 3.61. The van der Waals surface area contributed by atoms with Crippen molar-refractivity contribution >= 4 is 5.97 Å². The van der Waals surface area contributed by atoms with E-state index in [1.807, 2.05) is 0 Å². The Kier molecular flexibility index (Phi) is 2.46. The molecule has 4 nitrogen and oxygen atoms in total. The maximum absolute atomic E-state index is 10.6. The molecule has 64 valence electrons. The molecule has 0 aliphatic carbocycles. The second-order valence-corrected chi connectivity index (χ2v) is 2.89. The van der Waals surface area contributed by atoms with Gasteiger partial charge in [-0.25, -0.2) is 0 Å². The summed E-state index contributed by atoms with van der Waals surface area (Å²) < 4.78 is 5.06. The van der Waals surface area contributed by atoms with E-state index < -0.39 is 5.97 Å². The van der Waals surface area contributed by atoms with E-state index in [1.54, 1.807) is 19.1 Å². The Morgan fingerprint density at radius 3 is 2.64 bits per heavy atom. The van der Waals surface area contributed by atoms with Crippen LogP contribution in [0.15, 0.2) is 0 Å². The molecular formula is C7H13NO3. The number of methoxy groups -OCH3 is 1. The Balaban J connectivity index is 2.51. The number of carbonyl (C=O) groups is 1. The van der Waals surface area contributed by atoms with Crippen LogP contribution in [0.5, 0.6) is 0 Å². The van der Waals surface area contributed by atoms with Crippen molar-refractivity contribution in [3.8, 4) is 0 Å². The van der Waals surface area contributed by atoms with Gasteiger partial charge >= 0.3 is 5.97 Å². The highest BCUT2D eigenvalue weighted by Crippen LogP contribution is 2.17. The van der Waals surface area contributed by atoms with Crippen LogP contribution < -0.4 is 0 Å². The monoisotopic (exact) mass is 159 g/mol. The van der Waals surface area contributed by atoms with Crippen LogP contribution in [0, 0.1) is 0 Å². The second kappa shape index (κ2) is 3.19. The van der Waals surface area contributed by atoms with Crippen molar-refractivity contribution in [1.29, 1.82) is 0 Å². The highest BCUT2D eigenvalue weighted by molar-refractivity contribution is 5.73. The maximum atomic E-state index is 10.6. The van der Waals surface area contributed by atoms with E-state index in [1.165, 1.54) is 0 Å². The maximum Gasteiger partial charge on any atom is 0.321 e. The van der Waals surface area contributed by atoms with Crippen LogP contribution in [0.1, 0.15) is 6.42 Å². The Hall–Kier alpha value is -0.610. The molecule has 0 amide bonds. The average molecular weight is 159 g/mol. The number of ether oxygens (including phenoxy) is 1. The van der Waals surface area contributed by atoms with Crippen molar-refractivity contribution in [2.24, 2.45) is 0 Å². The summed E-state index contributed by atoms with van der Waals surface area (Å²) in [4.78, 5) is 12.4. The van der Waals surface area contributed by atoms with Gasteiger partial charge in [-0.1, -0.05) is 0 Å². The minimum Gasteiger partial charge on any atom is -0.480 e. The van der Waals surface area contributed by atoms with Crippen molar-refractivity contribution in [1.82, 2.24) is 4.90 Å². The van der Waals surface area contributed by atoms with Crippen molar-refractivity contribution in [3.05, 3.63) is 0 Å². The van der Waals surface area contributed by atoms with E-state index in [4.69, 9.17) is 9.84 Å². The fraction of sp³-hybridized carbons (Fsp3) is 0.857. The van der Waals surface area contributed by atoms with E-state index in [0.717, 1.165) is 0 Å². The van der Waals surface area contributed by atoms with Gasteiger partial charge in [0, 0.05) is 20.1 Å². The van der Waals surface area contributed by atoms with E-state index in [2.05, 4.69) is 0 Å². The van der Waals surface area contributed by atoms with Gasteiger partial charge < -0.3 is 9.84 Å².